The molecule has 3 heteroatoms. The third kappa shape index (κ3) is 3.18. The molecule has 0 atom stereocenters. The van der Waals surface area contributed by atoms with Gasteiger partial charge >= 0.3 is 5.24 Å². The molecule has 1 aromatic rings. The molecular weight excluding hydrogens is 194 g/mol. The van der Waals surface area contributed by atoms with Crippen molar-refractivity contribution in [3.05, 3.63) is 48.6 Å². The summed E-state index contributed by atoms with van der Waals surface area (Å²) in [4.78, 5) is 12.6. The first-order chi connectivity index (χ1) is 6.74. The fraction of sp³-hybridized carbons (Fsp3) is 0.182. The Kier molecular flexibility index (Phi) is 4.13. The Bertz CT molecular complexity index is 310. The number of carbonyl (C=O) groups excluding carboxylic acids is 1. The van der Waals surface area contributed by atoms with Crippen LogP contribution in [0.5, 0.6) is 0 Å². The lowest BCUT2D eigenvalue weighted by Crippen LogP contribution is -2.25. The lowest BCUT2D eigenvalue weighted by molar-refractivity contribution is 0.227. The van der Waals surface area contributed by atoms with Crippen LogP contribution in [0.4, 0.5) is 4.79 Å². The lowest BCUT2D eigenvalue weighted by Gasteiger charge is -2.17. The van der Waals surface area contributed by atoms with Gasteiger partial charge in [0, 0.05) is 13.1 Å². The van der Waals surface area contributed by atoms with Crippen LogP contribution in [0.15, 0.2) is 43.0 Å². The molecule has 0 saturated heterocycles. The Balaban J connectivity index is 2.64. The molecule has 0 spiro atoms. The molecule has 0 bridgehead atoms. The van der Waals surface area contributed by atoms with Crippen LogP contribution in [-0.2, 0) is 6.54 Å². The van der Waals surface area contributed by atoms with E-state index in [0.29, 0.717) is 13.1 Å². The highest BCUT2D eigenvalue weighted by Crippen LogP contribution is 2.06. The molecule has 1 radical (unpaired) electrons. The van der Waals surface area contributed by atoms with Gasteiger partial charge in [-0.2, -0.15) is 0 Å². The van der Waals surface area contributed by atoms with Crippen LogP contribution in [0.25, 0.3) is 0 Å². The van der Waals surface area contributed by atoms with Crippen molar-refractivity contribution in [3.63, 3.8) is 0 Å². The second-order valence-corrected chi connectivity index (χ2v) is 3.27. The van der Waals surface area contributed by atoms with Gasteiger partial charge in [-0.15, -0.1) is 6.58 Å². The molecule has 0 aliphatic carbocycles. The van der Waals surface area contributed by atoms with E-state index in [1.807, 2.05) is 30.3 Å². The molecule has 0 heterocycles. The maximum absolute atomic E-state index is 11.0. The highest BCUT2D eigenvalue weighted by molar-refractivity contribution is 7.96. The first kappa shape index (κ1) is 10.7. The highest BCUT2D eigenvalue weighted by Gasteiger charge is 2.08. The predicted molar refractivity (Wildman–Crippen MR) is 60.0 cm³/mol. The van der Waals surface area contributed by atoms with E-state index >= 15 is 0 Å². The molecule has 0 saturated carbocycles. The molecule has 73 valence electrons. The fourth-order valence-electron chi connectivity index (χ4n) is 1.16. The van der Waals surface area contributed by atoms with Gasteiger partial charge < -0.3 is 4.90 Å². The molecule has 1 rings (SSSR count). The Morgan fingerprint density at radius 1 is 1.43 bits per heavy atom. The summed E-state index contributed by atoms with van der Waals surface area (Å²) >= 11 is 4.60. The zero-order chi connectivity index (χ0) is 10.4. The van der Waals surface area contributed by atoms with Crippen molar-refractivity contribution < 1.29 is 4.79 Å². The Hall–Kier alpha value is -1.35. The quantitative estimate of drug-likeness (QED) is 0.693. The van der Waals surface area contributed by atoms with Crippen molar-refractivity contribution in [1.82, 2.24) is 4.90 Å². The summed E-state index contributed by atoms with van der Waals surface area (Å²) in [5, 5.41) is -0.339. The summed E-state index contributed by atoms with van der Waals surface area (Å²) in [6.07, 6.45) is 1.67. The topological polar surface area (TPSA) is 20.3 Å². The van der Waals surface area contributed by atoms with Crippen LogP contribution in [0, 0.1) is 0 Å². The Morgan fingerprint density at radius 2 is 2.07 bits per heavy atom. The van der Waals surface area contributed by atoms with Gasteiger partial charge in [0.25, 0.3) is 0 Å². The predicted octanol–water partition coefficient (Wildman–Crippen LogP) is 2.99. The van der Waals surface area contributed by atoms with Crippen LogP contribution < -0.4 is 0 Å². The second kappa shape index (κ2) is 5.40. The third-order valence-corrected chi connectivity index (χ3v) is 2.08. The maximum atomic E-state index is 11.0. The molecule has 0 aliphatic heterocycles. The van der Waals surface area contributed by atoms with Crippen LogP contribution in [0.2, 0.25) is 0 Å². The van der Waals surface area contributed by atoms with E-state index in [9.17, 15) is 4.79 Å². The van der Waals surface area contributed by atoms with Crippen molar-refractivity contribution in [3.8, 4) is 0 Å². The molecule has 0 unspecified atom stereocenters. The van der Waals surface area contributed by atoms with E-state index in [2.05, 4.69) is 19.2 Å². The average Bonchev–Trinajstić information content (AvgIpc) is 2.18. The van der Waals surface area contributed by atoms with Gasteiger partial charge in [0.2, 0.25) is 0 Å². The number of benzene rings is 1. The van der Waals surface area contributed by atoms with E-state index in [1.165, 1.54) is 0 Å². The number of hydrogen-bond donors (Lipinski definition) is 0. The van der Waals surface area contributed by atoms with Crippen LogP contribution >= 0.6 is 12.6 Å². The monoisotopic (exact) mass is 206 g/mol. The summed E-state index contributed by atoms with van der Waals surface area (Å²) in [5.74, 6) is 0. The van der Waals surface area contributed by atoms with Crippen molar-refractivity contribution >= 4 is 17.9 Å². The second-order valence-electron chi connectivity index (χ2n) is 2.92. The molecular formula is C11H12NOS. The number of hydrogen-bond acceptors (Lipinski definition) is 1. The van der Waals surface area contributed by atoms with Crippen molar-refractivity contribution in [1.29, 1.82) is 0 Å². The standard InChI is InChI=1S/C11H12NOS/c1-2-8-12(11(13)14)9-10-6-4-3-5-7-10/h2-7H,1,8-9H2. The van der Waals surface area contributed by atoms with Crippen molar-refractivity contribution in [2.75, 3.05) is 6.54 Å². The summed E-state index contributed by atoms with van der Waals surface area (Å²) in [7, 11) is 0. The molecule has 0 N–H and O–H groups in total. The third-order valence-electron chi connectivity index (χ3n) is 1.82. The molecule has 1 aromatic carbocycles. The Morgan fingerprint density at radius 3 is 2.57 bits per heavy atom. The van der Waals surface area contributed by atoms with Crippen molar-refractivity contribution in [2.45, 2.75) is 6.54 Å². The maximum Gasteiger partial charge on any atom is 0.313 e. The summed E-state index contributed by atoms with van der Waals surface area (Å²) in [6.45, 7) is 4.63. The van der Waals surface area contributed by atoms with E-state index in [0.717, 1.165) is 5.56 Å². The molecule has 0 aliphatic rings. The first-order valence-corrected chi connectivity index (χ1v) is 4.75. The van der Waals surface area contributed by atoms with Gasteiger partial charge in [0.05, 0.1) is 0 Å². The van der Waals surface area contributed by atoms with Crippen LogP contribution in [0.1, 0.15) is 5.56 Å². The van der Waals surface area contributed by atoms with Crippen LogP contribution in [0.3, 0.4) is 0 Å². The minimum atomic E-state index is -0.339. The summed E-state index contributed by atoms with van der Waals surface area (Å²) in [6, 6.07) is 9.75. The minimum absolute atomic E-state index is 0.339. The van der Waals surface area contributed by atoms with E-state index in [1.54, 1.807) is 11.0 Å². The van der Waals surface area contributed by atoms with Gasteiger partial charge in [-0.25, -0.2) is 0 Å². The normalized spacial score (nSPS) is 9.43. The number of nitrogens with zero attached hydrogens (tertiary/aromatic N) is 1. The molecule has 14 heavy (non-hydrogen) atoms. The lowest BCUT2D eigenvalue weighted by atomic mass is 10.2. The smallest absolute Gasteiger partial charge is 0.313 e. The largest absolute Gasteiger partial charge is 0.322 e. The zero-order valence-electron chi connectivity index (χ0n) is 7.85. The first-order valence-electron chi connectivity index (χ1n) is 4.35. The number of rotatable bonds is 4. The summed E-state index contributed by atoms with van der Waals surface area (Å²) in [5.41, 5.74) is 1.08. The van der Waals surface area contributed by atoms with Crippen molar-refractivity contribution in [2.24, 2.45) is 0 Å². The zero-order valence-corrected chi connectivity index (χ0v) is 8.67. The van der Waals surface area contributed by atoms with Crippen LogP contribution in [-0.4, -0.2) is 16.7 Å². The molecule has 1 amide bonds. The van der Waals surface area contributed by atoms with Gasteiger partial charge in [-0.3, -0.25) is 4.79 Å². The fourth-order valence-corrected chi connectivity index (χ4v) is 1.30. The minimum Gasteiger partial charge on any atom is -0.322 e. The average molecular weight is 206 g/mol. The van der Waals surface area contributed by atoms with Gasteiger partial charge in [-0.05, 0) is 18.2 Å². The highest BCUT2D eigenvalue weighted by atomic mass is 32.1. The molecule has 2 nitrogen and oxygen atoms in total. The van der Waals surface area contributed by atoms with Gasteiger partial charge in [0.15, 0.2) is 0 Å². The van der Waals surface area contributed by atoms with E-state index in [-0.39, 0.29) is 5.24 Å². The number of carbonyl (C=O) groups is 1. The number of amides is 1. The SMILES string of the molecule is C=CCN(Cc1ccccc1)C(=O)[S]. The van der Waals surface area contributed by atoms with E-state index < -0.39 is 0 Å². The Labute approximate surface area is 89.6 Å². The van der Waals surface area contributed by atoms with Gasteiger partial charge in [-0.1, -0.05) is 36.4 Å². The molecule has 0 aromatic heterocycles. The summed E-state index contributed by atoms with van der Waals surface area (Å²) < 4.78 is 0. The van der Waals surface area contributed by atoms with Gasteiger partial charge in [0.1, 0.15) is 0 Å². The molecule has 0 fully saturated rings. The van der Waals surface area contributed by atoms with E-state index in [4.69, 9.17) is 0 Å².